The van der Waals surface area contributed by atoms with Gasteiger partial charge < -0.3 is 10.5 Å². The van der Waals surface area contributed by atoms with Gasteiger partial charge in [-0.05, 0) is 37.0 Å². The molecule has 2 N–H and O–H groups in total. The van der Waals surface area contributed by atoms with E-state index in [1.54, 1.807) is 0 Å². The average molecular weight is 281 g/mol. The molecule has 0 aromatic heterocycles. The van der Waals surface area contributed by atoms with Crippen molar-refractivity contribution in [2.45, 2.75) is 64.7 Å². The minimum Gasteiger partial charge on any atom is -0.373 e. The lowest BCUT2D eigenvalue weighted by atomic mass is 9.68. The summed E-state index contributed by atoms with van der Waals surface area (Å²) in [5.41, 5.74) is 5.44. The molecule has 19 heavy (non-hydrogen) atoms. The quantitative estimate of drug-likeness (QED) is 0.848. The maximum atomic E-state index is 12.1. The lowest BCUT2D eigenvalue weighted by Gasteiger charge is -2.43. The van der Waals surface area contributed by atoms with Crippen LogP contribution in [0.15, 0.2) is 0 Å². The highest BCUT2D eigenvalue weighted by Gasteiger charge is 2.39. The molecule has 0 atom stereocenters. The van der Waals surface area contributed by atoms with Crippen LogP contribution in [-0.2, 0) is 4.74 Å². The number of halogens is 3. The molecule has 1 aliphatic rings. The zero-order valence-corrected chi connectivity index (χ0v) is 12.1. The first-order chi connectivity index (χ1) is 8.58. The van der Waals surface area contributed by atoms with Crippen LogP contribution in [0.4, 0.5) is 13.2 Å². The first-order valence-corrected chi connectivity index (χ1v) is 6.99. The fourth-order valence-electron chi connectivity index (χ4n) is 2.80. The largest absolute Gasteiger partial charge is 0.391 e. The molecule has 1 saturated carbocycles. The predicted octanol–water partition coefficient (Wildman–Crippen LogP) is 3.89. The van der Waals surface area contributed by atoms with Crippen LogP contribution in [0.2, 0.25) is 0 Å². The summed E-state index contributed by atoms with van der Waals surface area (Å²) in [5.74, 6) is 0.596. The highest BCUT2D eigenvalue weighted by Crippen LogP contribution is 2.42. The molecule has 114 valence electrons. The van der Waals surface area contributed by atoms with E-state index in [0.717, 1.165) is 25.7 Å². The molecule has 0 aromatic rings. The van der Waals surface area contributed by atoms with Crippen LogP contribution in [0.1, 0.15) is 52.9 Å². The van der Waals surface area contributed by atoms with E-state index in [9.17, 15) is 13.2 Å². The van der Waals surface area contributed by atoms with Crippen LogP contribution in [0, 0.1) is 11.3 Å². The number of rotatable bonds is 4. The van der Waals surface area contributed by atoms with Gasteiger partial charge in [-0.25, -0.2) is 0 Å². The van der Waals surface area contributed by atoms with Gasteiger partial charge in [0.05, 0.1) is 18.6 Å². The lowest BCUT2D eigenvalue weighted by molar-refractivity contribution is -0.163. The minimum absolute atomic E-state index is 0.243. The number of hydrogen-bond acceptors (Lipinski definition) is 2. The van der Waals surface area contributed by atoms with E-state index in [0.29, 0.717) is 12.5 Å². The molecule has 1 aliphatic carbocycles. The van der Waals surface area contributed by atoms with Gasteiger partial charge in [0, 0.05) is 6.54 Å². The Balaban J connectivity index is 2.47. The minimum atomic E-state index is -4.15. The Morgan fingerprint density at radius 2 is 1.68 bits per heavy atom. The van der Waals surface area contributed by atoms with Gasteiger partial charge in [0.25, 0.3) is 0 Å². The molecule has 2 nitrogen and oxygen atoms in total. The van der Waals surface area contributed by atoms with E-state index in [2.05, 4.69) is 20.8 Å². The molecule has 1 fully saturated rings. The Bertz CT molecular complexity index is 270. The van der Waals surface area contributed by atoms with E-state index in [-0.39, 0.29) is 12.0 Å². The van der Waals surface area contributed by atoms with Crippen LogP contribution < -0.4 is 5.73 Å². The Labute approximate surface area is 113 Å². The van der Waals surface area contributed by atoms with Crippen molar-refractivity contribution in [3.8, 4) is 0 Å². The highest BCUT2D eigenvalue weighted by atomic mass is 19.4. The summed E-state index contributed by atoms with van der Waals surface area (Å²) in [5, 5.41) is 0. The molecule has 0 heterocycles. The van der Waals surface area contributed by atoms with Crippen LogP contribution in [0.3, 0.4) is 0 Å². The zero-order valence-electron chi connectivity index (χ0n) is 12.1. The van der Waals surface area contributed by atoms with E-state index in [4.69, 9.17) is 10.5 Å². The Morgan fingerprint density at radius 3 is 2.05 bits per heavy atom. The van der Waals surface area contributed by atoms with Crippen molar-refractivity contribution < 1.29 is 17.9 Å². The monoisotopic (exact) mass is 281 g/mol. The summed E-state index contributed by atoms with van der Waals surface area (Å²) >= 11 is 0. The fraction of sp³-hybridized carbons (Fsp3) is 1.00. The molecule has 1 rings (SSSR count). The van der Waals surface area contributed by atoms with Gasteiger partial charge in [0.2, 0.25) is 0 Å². The molecule has 0 amide bonds. The van der Waals surface area contributed by atoms with E-state index in [1.807, 2.05) is 0 Å². The number of alkyl halides is 3. The summed E-state index contributed by atoms with van der Waals surface area (Å²) in [4.78, 5) is 0. The summed E-state index contributed by atoms with van der Waals surface area (Å²) in [6, 6.07) is 0. The third-order valence-corrected chi connectivity index (χ3v) is 4.29. The second kappa shape index (κ2) is 6.00. The fourth-order valence-corrected chi connectivity index (χ4v) is 2.80. The molecule has 0 unspecified atom stereocenters. The summed E-state index contributed by atoms with van der Waals surface area (Å²) in [6.07, 6.45) is -1.55. The van der Waals surface area contributed by atoms with Crippen molar-refractivity contribution >= 4 is 0 Å². The number of hydrogen-bond donors (Lipinski definition) is 1. The molecule has 0 aromatic carbocycles. The van der Waals surface area contributed by atoms with E-state index >= 15 is 0 Å². The Kier molecular flexibility index (Phi) is 5.29. The summed E-state index contributed by atoms with van der Waals surface area (Å²) in [7, 11) is 0. The Morgan fingerprint density at radius 1 is 1.16 bits per heavy atom. The van der Waals surface area contributed by atoms with Crippen molar-refractivity contribution in [1.82, 2.24) is 0 Å². The van der Waals surface area contributed by atoms with Crippen molar-refractivity contribution in [2.75, 3.05) is 13.2 Å². The van der Waals surface area contributed by atoms with Gasteiger partial charge in [-0.3, -0.25) is 0 Å². The molecule has 0 bridgehead atoms. The normalized spacial score (nSPS) is 29.5. The van der Waals surface area contributed by atoms with Crippen LogP contribution in [-0.4, -0.2) is 24.9 Å². The Hall–Kier alpha value is -0.290. The molecule has 0 aliphatic heterocycles. The lowest BCUT2D eigenvalue weighted by Crippen LogP contribution is -2.46. The topological polar surface area (TPSA) is 35.2 Å². The van der Waals surface area contributed by atoms with Gasteiger partial charge in [0.15, 0.2) is 0 Å². The molecule has 0 saturated heterocycles. The average Bonchev–Trinajstić information content (AvgIpc) is 2.26. The number of nitrogens with two attached hydrogens (primary N) is 1. The van der Waals surface area contributed by atoms with E-state index in [1.165, 1.54) is 0 Å². The first kappa shape index (κ1) is 16.8. The first-order valence-electron chi connectivity index (χ1n) is 6.99. The van der Waals surface area contributed by atoms with Gasteiger partial charge in [-0.1, -0.05) is 20.8 Å². The smallest absolute Gasteiger partial charge is 0.373 e. The van der Waals surface area contributed by atoms with Gasteiger partial charge in [-0.2, -0.15) is 13.2 Å². The van der Waals surface area contributed by atoms with Crippen molar-refractivity contribution in [3.05, 3.63) is 0 Å². The van der Waals surface area contributed by atoms with Crippen LogP contribution >= 0.6 is 0 Å². The van der Waals surface area contributed by atoms with Crippen molar-refractivity contribution in [3.63, 3.8) is 0 Å². The predicted molar refractivity (Wildman–Crippen MR) is 69.8 cm³/mol. The van der Waals surface area contributed by atoms with E-state index < -0.39 is 18.2 Å². The highest BCUT2D eigenvalue weighted by molar-refractivity contribution is 4.91. The molecular weight excluding hydrogens is 255 g/mol. The van der Waals surface area contributed by atoms with Gasteiger partial charge in [0.1, 0.15) is 0 Å². The SMILES string of the molecule is CC(C)(C)C1CCC(CN)(OCCC(F)(F)F)CC1. The molecular formula is C14H26F3NO. The number of ether oxygens (including phenoxy) is 1. The van der Waals surface area contributed by atoms with Gasteiger partial charge in [-0.15, -0.1) is 0 Å². The molecule has 0 spiro atoms. The summed E-state index contributed by atoms with van der Waals surface area (Å²) in [6.45, 7) is 6.65. The standard InChI is InChI=1S/C14H26F3NO/c1-12(2,3)11-4-6-13(10-18,7-5-11)19-9-8-14(15,16)17/h11H,4-10,18H2,1-3H3. The molecule has 5 heteroatoms. The van der Waals surface area contributed by atoms with Crippen LogP contribution in [0.25, 0.3) is 0 Å². The summed E-state index contributed by atoms with van der Waals surface area (Å²) < 4.78 is 41.9. The second-order valence-corrected chi connectivity index (χ2v) is 6.74. The van der Waals surface area contributed by atoms with Crippen molar-refractivity contribution in [1.29, 1.82) is 0 Å². The van der Waals surface area contributed by atoms with Crippen molar-refractivity contribution in [2.24, 2.45) is 17.1 Å². The zero-order chi connectivity index (χ0) is 14.7. The van der Waals surface area contributed by atoms with Crippen LogP contribution in [0.5, 0.6) is 0 Å². The maximum Gasteiger partial charge on any atom is 0.391 e. The van der Waals surface area contributed by atoms with Gasteiger partial charge >= 0.3 is 6.18 Å². The molecule has 0 radical (unpaired) electrons. The third-order valence-electron chi connectivity index (χ3n) is 4.29. The second-order valence-electron chi connectivity index (χ2n) is 6.74. The maximum absolute atomic E-state index is 12.1. The third kappa shape index (κ3) is 5.30.